The fraction of sp³-hybridized carbons (Fsp3) is 0.429. The van der Waals surface area contributed by atoms with Crippen LogP contribution in [-0.2, 0) is 4.74 Å². The van der Waals surface area contributed by atoms with Gasteiger partial charge in [-0.3, -0.25) is 14.7 Å². The minimum atomic E-state index is -0.406. The lowest BCUT2D eigenvalue weighted by molar-refractivity contribution is 0.0383. The van der Waals surface area contributed by atoms with Gasteiger partial charge in [0.05, 0.1) is 35.7 Å². The maximum absolute atomic E-state index is 13.5. The molecular formula is C21H25FN6O2S. The van der Waals surface area contributed by atoms with E-state index < -0.39 is 5.82 Å². The minimum absolute atomic E-state index is 0.231. The van der Waals surface area contributed by atoms with Crippen LogP contribution in [0.5, 0.6) is 0 Å². The van der Waals surface area contributed by atoms with Gasteiger partial charge in [0.15, 0.2) is 5.69 Å². The number of ether oxygens (including phenoxy) is 1. The highest BCUT2D eigenvalue weighted by molar-refractivity contribution is 7.19. The Labute approximate surface area is 183 Å². The van der Waals surface area contributed by atoms with Gasteiger partial charge in [-0.05, 0) is 31.5 Å². The van der Waals surface area contributed by atoms with Crippen molar-refractivity contribution < 1.29 is 13.9 Å². The first kappa shape index (κ1) is 21.5. The molecule has 0 saturated carbocycles. The molecule has 4 rings (SSSR count). The summed E-state index contributed by atoms with van der Waals surface area (Å²) in [7, 11) is 0. The number of halogens is 1. The van der Waals surface area contributed by atoms with Crippen molar-refractivity contribution in [2.24, 2.45) is 0 Å². The fourth-order valence-electron chi connectivity index (χ4n) is 3.45. The van der Waals surface area contributed by atoms with Crippen molar-refractivity contribution in [3.8, 4) is 0 Å². The van der Waals surface area contributed by atoms with Crippen LogP contribution in [0.2, 0.25) is 0 Å². The Kier molecular flexibility index (Phi) is 6.69. The summed E-state index contributed by atoms with van der Waals surface area (Å²) in [6, 6.07) is 3.07. The van der Waals surface area contributed by atoms with Crippen LogP contribution in [0.15, 0.2) is 24.5 Å². The Morgan fingerprint density at radius 3 is 2.87 bits per heavy atom. The van der Waals surface area contributed by atoms with Gasteiger partial charge in [0, 0.05) is 37.3 Å². The quantitative estimate of drug-likeness (QED) is 0.579. The summed E-state index contributed by atoms with van der Waals surface area (Å²) in [5.41, 5.74) is 1.72. The summed E-state index contributed by atoms with van der Waals surface area (Å²) in [5.74, 6) is -0.317. The molecule has 0 radical (unpaired) electrons. The Balaban J connectivity index is 1.50. The normalized spacial score (nSPS) is 15.7. The van der Waals surface area contributed by atoms with Crippen molar-refractivity contribution in [2.75, 3.05) is 44.7 Å². The highest BCUT2D eigenvalue weighted by Crippen LogP contribution is 2.28. The molecule has 8 nitrogen and oxygen atoms in total. The number of anilines is 1. The number of morpholine rings is 1. The number of carbonyl (C=O) groups is 1. The molecule has 1 atom stereocenters. The van der Waals surface area contributed by atoms with E-state index in [1.54, 1.807) is 6.20 Å². The number of pyridine rings is 1. The Hall–Kier alpha value is -2.69. The zero-order valence-corrected chi connectivity index (χ0v) is 18.3. The Bertz CT molecular complexity index is 1070. The second kappa shape index (κ2) is 9.63. The molecule has 0 spiro atoms. The molecule has 31 heavy (non-hydrogen) atoms. The summed E-state index contributed by atoms with van der Waals surface area (Å²) in [6.07, 6.45) is 2.75. The number of aryl methyl sites for hydroxylation is 1. The molecule has 164 valence electrons. The van der Waals surface area contributed by atoms with Crippen LogP contribution in [0.4, 0.5) is 10.3 Å². The highest BCUT2D eigenvalue weighted by atomic mass is 32.1. The maximum Gasteiger partial charge on any atom is 0.271 e. The lowest BCUT2D eigenvalue weighted by Gasteiger charge is -2.26. The predicted molar refractivity (Wildman–Crippen MR) is 118 cm³/mol. The van der Waals surface area contributed by atoms with E-state index in [0.717, 1.165) is 48.6 Å². The summed E-state index contributed by atoms with van der Waals surface area (Å²) in [6.45, 7) is 8.33. The number of amides is 1. The van der Waals surface area contributed by atoms with E-state index >= 15 is 0 Å². The molecule has 1 fully saturated rings. The summed E-state index contributed by atoms with van der Waals surface area (Å²) in [5, 5.41) is 6.14. The van der Waals surface area contributed by atoms with E-state index in [1.807, 2.05) is 19.9 Å². The second-order valence-corrected chi connectivity index (χ2v) is 8.74. The average Bonchev–Trinajstić information content (AvgIpc) is 3.13. The van der Waals surface area contributed by atoms with E-state index in [4.69, 9.17) is 4.74 Å². The van der Waals surface area contributed by atoms with Crippen LogP contribution in [0.25, 0.3) is 10.2 Å². The lowest BCUT2D eigenvalue weighted by atomic mass is 10.1. The third kappa shape index (κ3) is 5.33. The monoisotopic (exact) mass is 444 g/mol. The minimum Gasteiger partial charge on any atom is -0.379 e. The number of thiophene rings is 1. The molecule has 0 aromatic carbocycles. The Morgan fingerprint density at radius 2 is 2.10 bits per heavy atom. The van der Waals surface area contributed by atoms with E-state index in [2.05, 4.69) is 30.5 Å². The molecule has 3 aromatic rings. The van der Waals surface area contributed by atoms with Gasteiger partial charge in [0.2, 0.25) is 5.95 Å². The molecule has 1 saturated heterocycles. The lowest BCUT2D eigenvalue weighted by Crippen LogP contribution is -2.41. The van der Waals surface area contributed by atoms with Crippen LogP contribution in [-0.4, -0.2) is 65.2 Å². The average molecular weight is 445 g/mol. The highest BCUT2D eigenvalue weighted by Gasteiger charge is 2.19. The molecule has 0 bridgehead atoms. The largest absolute Gasteiger partial charge is 0.379 e. The number of hydrogen-bond donors (Lipinski definition) is 2. The van der Waals surface area contributed by atoms with Crippen molar-refractivity contribution in [3.05, 3.63) is 46.5 Å². The molecule has 1 unspecified atom stereocenters. The third-order valence-corrected chi connectivity index (χ3v) is 6.15. The number of rotatable bonds is 7. The SMILES string of the molecule is Cc1cc2nc(NC(C)c3cncc(F)c3)nc(C(=O)NCCN3CCOCC3)c2s1. The molecule has 1 aliphatic rings. The van der Waals surface area contributed by atoms with E-state index in [0.29, 0.717) is 29.3 Å². The van der Waals surface area contributed by atoms with Gasteiger partial charge in [-0.2, -0.15) is 0 Å². The first-order chi connectivity index (χ1) is 15.0. The molecule has 10 heteroatoms. The topological polar surface area (TPSA) is 92.3 Å². The van der Waals surface area contributed by atoms with Gasteiger partial charge in [0.25, 0.3) is 5.91 Å². The second-order valence-electron chi connectivity index (χ2n) is 7.48. The fourth-order valence-corrected chi connectivity index (χ4v) is 4.38. The van der Waals surface area contributed by atoms with Crippen molar-refractivity contribution in [1.82, 2.24) is 25.2 Å². The smallest absolute Gasteiger partial charge is 0.271 e. The molecule has 3 aromatic heterocycles. The zero-order valence-electron chi connectivity index (χ0n) is 17.5. The third-order valence-electron chi connectivity index (χ3n) is 5.10. The molecule has 1 amide bonds. The van der Waals surface area contributed by atoms with Crippen molar-refractivity contribution in [1.29, 1.82) is 0 Å². The van der Waals surface area contributed by atoms with Gasteiger partial charge in [-0.1, -0.05) is 0 Å². The van der Waals surface area contributed by atoms with Gasteiger partial charge < -0.3 is 15.4 Å². The van der Waals surface area contributed by atoms with Crippen LogP contribution < -0.4 is 10.6 Å². The molecule has 1 aliphatic heterocycles. The van der Waals surface area contributed by atoms with Gasteiger partial charge in [-0.25, -0.2) is 14.4 Å². The number of carbonyl (C=O) groups excluding carboxylic acids is 1. The van der Waals surface area contributed by atoms with Gasteiger partial charge in [-0.15, -0.1) is 11.3 Å². The van der Waals surface area contributed by atoms with Crippen molar-refractivity contribution in [2.45, 2.75) is 19.9 Å². The molecule has 2 N–H and O–H groups in total. The van der Waals surface area contributed by atoms with E-state index in [-0.39, 0.29) is 11.9 Å². The maximum atomic E-state index is 13.5. The number of nitrogens with zero attached hydrogens (tertiary/aromatic N) is 4. The standard InChI is InChI=1S/C21H25FN6O2S/c1-13-9-17-19(31-13)18(20(29)24-3-4-28-5-7-30-8-6-28)27-21(26-17)25-14(2)15-10-16(22)12-23-11-15/h9-12,14H,3-8H2,1-2H3,(H,24,29)(H,25,26,27). The summed E-state index contributed by atoms with van der Waals surface area (Å²) in [4.78, 5) is 29.2. The summed E-state index contributed by atoms with van der Waals surface area (Å²) >= 11 is 1.49. The number of nitrogens with one attached hydrogen (secondary N) is 2. The molecule has 0 aliphatic carbocycles. The zero-order chi connectivity index (χ0) is 21.8. The van der Waals surface area contributed by atoms with E-state index in [9.17, 15) is 9.18 Å². The first-order valence-corrected chi connectivity index (χ1v) is 11.0. The molecular weight excluding hydrogens is 419 g/mol. The van der Waals surface area contributed by atoms with Crippen LogP contribution in [0.1, 0.15) is 33.9 Å². The number of hydrogen-bond acceptors (Lipinski definition) is 8. The number of fused-ring (bicyclic) bond motifs is 1. The van der Waals surface area contributed by atoms with Crippen LogP contribution in [0, 0.1) is 12.7 Å². The summed E-state index contributed by atoms with van der Waals surface area (Å²) < 4.78 is 19.6. The van der Waals surface area contributed by atoms with Gasteiger partial charge >= 0.3 is 0 Å². The van der Waals surface area contributed by atoms with Crippen LogP contribution in [0.3, 0.4) is 0 Å². The Morgan fingerprint density at radius 1 is 1.29 bits per heavy atom. The van der Waals surface area contributed by atoms with E-state index in [1.165, 1.54) is 17.4 Å². The van der Waals surface area contributed by atoms with Gasteiger partial charge in [0.1, 0.15) is 5.82 Å². The predicted octanol–water partition coefficient (Wildman–Crippen LogP) is 2.77. The number of aromatic nitrogens is 3. The van der Waals surface area contributed by atoms with Crippen molar-refractivity contribution in [3.63, 3.8) is 0 Å². The first-order valence-electron chi connectivity index (χ1n) is 10.2. The molecule has 4 heterocycles. The van der Waals surface area contributed by atoms with Crippen LogP contribution >= 0.6 is 11.3 Å². The van der Waals surface area contributed by atoms with Crippen molar-refractivity contribution >= 4 is 33.4 Å².